The maximum absolute atomic E-state index is 5.46. The number of nitrogens with zero attached hydrogens (tertiary/aromatic N) is 2. The number of rotatable bonds is 9. The maximum atomic E-state index is 5.46. The first kappa shape index (κ1) is 22.7. The summed E-state index contributed by atoms with van der Waals surface area (Å²) in [6.45, 7) is 4.42. The number of allylic oxidation sites excluding steroid dienone is 2. The molecule has 0 aliphatic rings. The van der Waals surface area contributed by atoms with Crippen molar-refractivity contribution >= 4 is 21.2 Å². The van der Waals surface area contributed by atoms with E-state index in [-0.39, 0.29) is 15.1 Å². The first-order chi connectivity index (χ1) is 12.8. The van der Waals surface area contributed by atoms with E-state index in [4.69, 9.17) is 9.85 Å². The standard InChI is InChI=1S/C16H23N.C6H5N.ClH.V/c1-3-5-8-12-15(11-6-4-2)17-16-13-9-7-10-14-16;7-6-4-2-1-3-5-6;;/h7,9-10,13-14H,3-6,8,11H2,1-2H3;1-5H;1H;/q-2;;;+1/p-1. The van der Waals surface area contributed by atoms with Crippen LogP contribution in [0.4, 0.5) is 11.4 Å². The summed E-state index contributed by atoms with van der Waals surface area (Å²) in [5.74, 6) is 0. The van der Waals surface area contributed by atoms with Gasteiger partial charge in [0, 0.05) is 0 Å². The Labute approximate surface area is 170 Å². The quantitative estimate of drug-likeness (QED) is 0.295. The van der Waals surface area contributed by atoms with Gasteiger partial charge in [0.25, 0.3) is 0 Å². The first-order valence-electron chi connectivity index (χ1n) is 9.23. The monoisotopic (exact) mass is 406 g/mol. The van der Waals surface area contributed by atoms with Crippen LogP contribution in [-0.4, -0.2) is 0 Å². The molecule has 4 heteroatoms. The van der Waals surface area contributed by atoms with Gasteiger partial charge in [-0.05, 0) is 0 Å². The molecular formula is C22H28ClN2V-2. The summed E-state index contributed by atoms with van der Waals surface area (Å²) in [5.41, 5.74) is 3.15. The molecule has 0 heterocycles. The number of benzene rings is 2. The van der Waals surface area contributed by atoms with Crippen LogP contribution in [0.15, 0.2) is 70.2 Å². The average Bonchev–Trinajstić information content (AvgIpc) is 2.68. The Balaban J connectivity index is 0.000000314. The van der Waals surface area contributed by atoms with Gasteiger partial charge in [0.2, 0.25) is 0 Å². The molecule has 0 amide bonds. The van der Waals surface area contributed by atoms with Crippen molar-refractivity contribution in [1.29, 1.82) is 0 Å². The van der Waals surface area contributed by atoms with Gasteiger partial charge in [0.1, 0.15) is 0 Å². The Morgan fingerprint density at radius 2 is 1.58 bits per heavy atom. The van der Waals surface area contributed by atoms with Crippen LogP contribution in [0.5, 0.6) is 0 Å². The van der Waals surface area contributed by atoms with Gasteiger partial charge in [0.05, 0.1) is 0 Å². The van der Waals surface area contributed by atoms with Gasteiger partial charge in [0.15, 0.2) is 0 Å². The van der Waals surface area contributed by atoms with Gasteiger partial charge >= 0.3 is 64.8 Å². The van der Waals surface area contributed by atoms with Crippen molar-refractivity contribution in [2.24, 2.45) is 3.79 Å². The van der Waals surface area contributed by atoms with E-state index in [1.54, 1.807) is 0 Å². The van der Waals surface area contributed by atoms with Crippen molar-refractivity contribution < 1.29 is 15.1 Å². The van der Waals surface area contributed by atoms with Crippen molar-refractivity contribution in [3.05, 3.63) is 77.8 Å². The normalized spacial score (nSPS) is 11.1. The predicted octanol–water partition coefficient (Wildman–Crippen LogP) is 8.50. The van der Waals surface area contributed by atoms with Gasteiger partial charge in [-0.3, -0.25) is 0 Å². The van der Waals surface area contributed by atoms with Crippen molar-refractivity contribution in [2.45, 2.75) is 52.4 Å². The molecular weight excluding hydrogens is 379 g/mol. The third-order valence-electron chi connectivity index (χ3n) is 3.56. The van der Waals surface area contributed by atoms with Crippen LogP contribution in [0.2, 0.25) is 0 Å². The summed E-state index contributed by atoms with van der Waals surface area (Å²) >= 11 is -0.354. The molecule has 0 radical (unpaired) electrons. The van der Waals surface area contributed by atoms with E-state index in [2.05, 4.69) is 29.0 Å². The van der Waals surface area contributed by atoms with Crippen molar-refractivity contribution in [1.82, 2.24) is 0 Å². The van der Waals surface area contributed by atoms with E-state index in [1.807, 2.05) is 60.7 Å². The van der Waals surface area contributed by atoms with E-state index in [0.29, 0.717) is 0 Å². The molecule has 2 aromatic rings. The van der Waals surface area contributed by atoms with Crippen LogP contribution in [0.1, 0.15) is 52.4 Å². The van der Waals surface area contributed by atoms with E-state index < -0.39 is 0 Å². The summed E-state index contributed by atoms with van der Waals surface area (Å²) in [7, 11) is 5.46. The van der Waals surface area contributed by atoms with Crippen molar-refractivity contribution in [3.8, 4) is 0 Å². The molecule has 2 rings (SSSR count). The van der Waals surface area contributed by atoms with Crippen LogP contribution < -0.4 is 0 Å². The van der Waals surface area contributed by atoms with Crippen LogP contribution in [0, 0.1) is 6.08 Å². The SMILES string of the molecule is CCCC[C-]=C(CCCC)[N-]c1ccccc1.[Cl][V]=[N]c1ccccc1. The Hall–Kier alpha value is -1.35. The van der Waals surface area contributed by atoms with Crippen molar-refractivity contribution in [3.63, 3.8) is 0 Å². The summed E-state index contributed by atoms with van der Waals surface area (Å²) in [4.78, 5) is 0. The molecule has 0 N–H and O–H groups in total. The third-order valence-corrected chi connectivity index (χ3v) is 4.35. The molecule has 0 unspecified atom stereocenters. The Bertz CT molecular complexity index is 627. The second-order valence-electron chi connectivity index (χ2n) is 5.79. The second kappa shape index (κ2) is 15.9. The number of para-hydroxylation sites is 1. The van der Waals surface area contributed by atoms with Crippen LogP contribution in [-0.2, 0) is 15.1 Å². The van der Waals surface area contributed by atoms with E-state index in [9.17, 15) is 0 Å². The molecule has 140 valence electrons. The number of hydrogen-bond donors (Lipinski definition) is 0. The number of halogens is 1. The molecule has 26 heavy (non-hydrogen) atoms. The minimum absolute atomic E-state index is 0.354. The second-order valence-corrected chi connectivity index (χ2v) is 6.96. The topological polar surface area (TPSA) is 26.5 Å². The fourth-order valence-electron chi connectivity index (χ4n) is 2.13. The Morgan fingerprint density at radius 3 is 2.15 bits per heavy atom. The zero-order valence-electron chi connectivity index (χ0n) is 15.7. The molecule has 0 fully saturated rings. The Morgan fingerprint density at radius 1 is 0.962 bits per heavy atom. The molecule has 0 spiro atoms. The molecule has 0 bridgehead atoms. The predicted molar refractivity (Wildman–Crippen MR) is 110 cm³/mol. The third kappa shape index (κ3) is 11.3. The molecule has 0 aromatic heterocycles. The summed E-state index contributed by atoms with van der Waals surface area (Å²) in [5, 5.41) is 4.67. The minimum atomic E-state index is -0.354. The molecule has 0 atom stereocenters. The molecule has 0 saturated heterocycles. The number of hydrogen-bond acceptors (Lipinski definition) is 1. The summed E-state index contributed by atoms with van der Waals surface area (Å²) < 4.78 is 4.07. The van der Waals surface area contributed by atoms with E-state index in [0.717, 1.165) is 29.9 Å². The molecule has 0 aliphatic carbocycles. The van der Waals surface area contributed by atoms with Crippen LogP contribution in [0.25, 0.3) is 5.32 Å². The number of unbranched alkanes of at least 4 members (excludes halogenated alkanes) is 3. The van der Waals surface area contributed by atoms with Gasteiger partial charge in [-0.15, -0.1) is 5.69 Å². The van der Waals surface area contributed by atoms with Gasteiger partial charge in [-0.1, -0.05) is 76.3 Å². The molecule has 0 aliphatic heterocycles. The van der Waals surface area contributed by atoms with Gasteiger partial charge in [-0.25, -0.2) is 0 Å². The van der Waals surface area contributed by atoms with Gasteiger partial charge in [-0.2, -0.15) is 6.42 Å². The molecule has 2 nitrogen and oxygen atoms in total. The van der Waals surface area contributed by atoms with E-state index >= 15 is 0 Å². The fourth-order valence-corrected chi connectivity index (χ4v) is 2.84. The average molecular weight is 407 g/mol. The zero-order chi connectivity index (χ0) is 18.9. The molecule has 2 aromatic carbocycles. The van der Waals surface area contributed by atoms with Crippen LogP contribution in [0.3, 0.4) is 0 Å². The Kier molecular flexibility index (Phi) is 13.9. The van der Waals surface area contributed by atoms with Crippen molar-refractivity contribution in [2.75, 3.05) is 0 Å². The molecule has 0 saturated carbocycles. The summed E-state index contributed by atoms with van der Waals surface area (Å²) in [6, 6.07) is 19.9. The van der Waals surface area contributed by atoms with E-state index in [1.165, 1.54) is 25.7 Å². The first-order valence-corrected chi connectivity index (χ1v) is 11.8. The van der Waals surface area contributed by atoms with Crippen LogP contribution >= 0.6 is 9.85 Å². The fraction of sp³-hybridized carbons (Fsp3) is 0.364. The summed E-state index contributed by atoms with van der Waals surface area (Å²) in [6.07, 6.45) is 10.4. The zero-order valence-corrected chi connectivity index (χ0v) is 17.9. The van der Waals surface area contributed by atoms with Gasteiger partial charge < -0.3 is 17.1 Å².